The van der Waals surface area contributed by atoms with Gasteiger partial charge in [-0.15, -0.1) is 0 Å². The van der Waals surface area contributed by atoms with Gasteiger partial charge in [0.2, 0.25) is 0 Å². The lowest BCUT2D eigenvalue weighted by Crippen LogP contribution is -2.36. The van der Waals surface area contributed by atoms with E-state index in [9.17, 15) is 0 Å². The van der Waals surface area contributed by atoms with Gasteiger partial charge in [0.1, 0.15) is 11.5 Å². The van der Waals surface area contributed by atoms with Crippen molar-refractivity contribution < 1.29 is 9.47 Å². The maximum atomic E-state index is 5.79. The van der Waals surface area contributed by atoms with Gasteiger partial charge in [-0.1, -0.05) is 24.3 Å². The minimum absolute atomic E-state index is 0.590. The quantitative estimate of drug-likeness (QED) is 0.346. The molecule has 2 aromatic rings. The van der Waals surface area contributed by atoms with E-state index in [0.29, 0.717) is 13.1 Å². The van der Waals surface area contributed by atoms with Crippen molar-refractivity contribution in [3.63, 3.8) is 0 Å². The maximum absolute atomic E-state index is 5.79. The predicted molar refractivity (Wildman–Crippen MR) is 120 cm³/mol. The lowest BCUT2D eigenvalue weighted by Gasteiger charge is -2.13. The normalized spacial score (nSPS) is 11.4. The summed E-state index contributed by atoms with van der Waals surface area (Å²) in [4.78, 5) is 6.83. The van der Waals surface area contributed by atoms with Crippen LogP contribution in [0, 0.1) is 0 Å². The highest BCUT2D eigenvalue weighted by Crippen LogP contribution is 2.14. The Morgan fingerprint density at radius 3 is 2.48 bits per heavy atom. The highest BCUT2D eigenvalue weighted by atomic mass is 16.5. The average molecular weight is 399 g/mol. The van der Waals surface area contributed by atoms with E-state index in [2.05, 4.69) is 53.7 Å². The first-order chi connectivity index (χ1) is 14.1. The van der Waals surface area contributed by atoms with Gasteiger partial charge >= 0.3 is 0 Å². The van der Waals surface area contributed by atoms with Crippen molar-refractivity contribution >= 4 is 5.96 Å². The van der Waals surface area contributed by atoms with E-state index in [1.165, 1.54) is 5.56 Å². The number of methoxy groups -OCH3 is 1. The van der Waals surface area contributed by atoms with Crippen LogP contribution in [0.3, 0.4) is 0 Å². The Morgan fingerprint density at radius 2 is 1.79 bits per heavy atom. The molecule has 0 saturated heterocycles. The van der Waals surface area contributed by atoms with Crippen molar-refractivity contribution in [2.75, 3.05) is 40.9 Å². The molecule has 0 aliphatic rings. The Labute approximate surface area is 174 Å². The van der Waals surface area contributed by atoms with Gasteiger partial charge in [-0.25, -0.2) is 4.99 Å². The first-order valence-corrected chi connectivity index (χ1v) is 10.1. The van der Waals surface area contributed by atoms with Crippen molar-refractivity contribution in [2.24, 2.45) is 4.99 Å². The van der Waals surface area contributed by atoms with Gasteiger partial charge in [0, 0.05) is 19.6 Å². The van der Waals surface area contributed by atoms with Gasteiger partial charge in [-0.05, 0) is 62.8 Å². The number of ether oxygens (including phenoxy) is 2. The van der Waals surface area contributed by atoms with Crippen LogP contribution in [0.4, 0.5) is 0 Å². The van der Waals surface area contributed by atoms with Crippen LogP contribution >= 0.6 is 0 Å². The fraction of sp³-hybridized carbons (Fsp3) is 0.435. The van der Waals surface area contributed by atoms with Gasteiger partial charge in [-0.3, -0.25) is 0 Å². The summed E-state index contributed by atoms with van der Waals surface area (Å²) in [5, 5.41) is 6.67. The molecule has 158 valence electrons. The third-order valence-corrected chi connectivity index (χ3v) is 4.30. The molecular formula is C23H34N4O2. The number of benzene rings is 2. The fourth-order valence-electron chi connectivity index (χ4n) is 2.74. The van der Waals surface area contributed by atoms with Crippen molar-refractivity contribution in [1.82, 2.24) is 15.5 Å². The molecule has 29 heavy (non-hydrogen) atoms. The third kappa shape index (κ3) is 8.87. The number of nitrogens with zero attached hydrogens (tertiary/aromatic N) is 2. The van der Waals surface area contributed by atoms with Gasteiger partial charge in [0.15, 0.2) is 5.96 Å². The fourth-order valence-corrected chi connectivity index (χ4v) is 2.74. The van der Waals surface area contributed by atoms with Crippen LogP contribution in [0.1, 0.15) is 24.5 Å². The van der Waals surface area contributed by atoms with Crippen molar-refractivity contribution in [2.45, 2.75) is 26.4 Å². The standard InChI is InChI=1S/C23H34N4O2/c1-5-24-23(26-18-20-8-6-9-22(16-20)28-4)25-17-19-10-12-21(13-11-19)29-15-7-14-27(2)3/h6,8-13,16H,5,7,14-15,17-18H2,1-4H3,(H2,24,25,26). The van der Waals surface area contributed by atoms with Gasteiger partial charge < -0.3 is 25.0 Å². The van der Waals surface area contributed by atoms with Crippen LogP contribution in [0.5, 0.6) is 11.5 Å². The smallest absolute Gasteiger partial charge is 0.191 e. The molecule has 0 amide bonds. The molecular weight excluding hydrogens is 364 g/mol. The largest absolute Gasteiger partial charge is 0.497 e. The average Bonchev–Trinajstić information content (AvgIpc) is 2.74. The second-order valence-electron chi connectivity index (χ2n) is 7.05. The molecule has 0 aliphatic heterocycles. The minimum Gasteiger partial charge on any atom is -0.497 e. The van der Waals surface area contributed by atoms with Crippen LogP contribution in [-0.2, 0) is 13.1 Å². The lowest BCUT2D eigenvalue weighted by molar-refractivity contribution is 0.281. The highest BCUT2D eigenvalue weighted by molar-refractivity contribution is 5.79. The first-order valence-electron chi connectivity index (χ1n) is 10.1. The minimum atomic E-state index is 0.590. The highest BCUT2D eigenvalue weighted by Gasteiger charge is 2.01. The summed E-state index contributed by atoms with van der Waals surface area (Å²) in [6, 6.07) is 16.2. The first kappa shape index (κ1) is 22.6. The third-order valence-electron chi connectivity index (χ3n) is 4.30. The van der Waals surface area contributed by atoms with Crippen molar-refractivity contribution in [3.8, 4) is 11.5 Å². The summed E-state index contributed by atoms with van der Waals surface area (Å²) in [7, 11) is 5.82. The van der Waals surface area contributed by atoms with E-state index in [4.69, 9.17) is 9.47 Å². The lowest BCUT2D eigenvalue weighted by atomic mass is 10.2. The molecule has 6 nitrogen and oxygen atoms in total. The van der Waals surface area contributed by atoms with E-state index in [-0.39, 0.29) is 0 Å². The summed E-state index contributed by atoms with van der Waals surface area (Å²) in [5.74, 6) is 2.55. The molecule has 0 spiro atoms. The van der Waals surface area contributed by atoms with E-state index in [1.54, 1.807) is 7.11 Å². The van der Waals surface area contributed by atoms with Crippen molar-refractivity contribution in [3.05, 3.63) is 59.7 Å². The Balaban J connectivity index is 1.84. The molecule has 0 saturated carbocycles. The molecule has 0 heterocycles. The molecule has 0 bridgehead atoms. The number of nitrogens with one attached hydrogen (secondary N) is 2. The van der Waals surface area contributed by atoms with Gasteiger partial charge in [0.25, 0.3) is 0 Å². The molecule has 0 unspecified atom stereocenters. The number of rotatable bonds is 11. The summed E-state index contributed by atoms with van der Waals surface area (Å²) in [6.45, 7) is 5.92. The monoisotopic (exact) mass is 398 g/mol. The summed E-state index contributed by atoms with van der Waals surface area (Å²) >= 11 is 0. The molecule has 0 aliphatic carbocycles. The van der Waals surface area contributed by atoms with Crippen molar-refractivity contribution in [1.29, 1.82) is 0 Å². The molecule has 2 N–H and O–H groups in total. The Kier molecular flexibility index (Phi) is 9.86. The van der Waals surface area contributed by atoms with E-state index in [1.807, 2.05) is 36.4 Å². The summed E-state index contributed by atoms with van der Waals surface area (Å²) in [6.07, 6.45) is 1.02. The SMILES string of the molecule is CCNC(=NCc1cccc(OC)c1)NCc1ccc(OCCCN(C)C)cc1. The van der Waals surface area contributed by atoms with Gasteiger partial charge in [-0.2, -0.15) is 0 Å². The Bertz CT molecular complexity index is 745. The molecule has 2 aromatic carbocycles. The number of guanidine groups is 1. The van der Waals surface area contributed by atoms with E-state index < -0.39 is 0 Å². The predicted octanol–water partition coefficient (Wildman–Crippen LogP) is 3.28. The Hall–Kier alpha value is -2.73. The Morgan fingerprint density at radius 1 is 1.00 bits per heavy atom. The second kappa shape index (κ2) is 12.7. The van der Waals surface area contributed by atoms with E-state index >= 15 is 0 Å². The zero-order valence-electron chi connectivity index (χ0n) is 18.1. The molecule has 0 atom stereocenters. The summed E-state index contributed by atoms with van der Waals surface area (Å²) < 4.78 is 11.1. The maximum Gasteiger partial charge on any atom is 0.191 e. The zero-order chi connectivity index (χ0) is 20.9. The number of hydrogen-bond donors (Lipinski definition) is 2. The van der Waals surface area contributed by atoms with Crippen LogP contribution < -0.4 is 20.1 Å². The summed E-state index contributed by atoms with van der Waals surface area (Å²) in [5.41, 5.74) is 2.29. The number of aliphatic imine (C=N–C) groups is 1. The molecule has 0 fully saturated rings. The zero-order valence-corrected chi connectivity index (χ0v) is 18.1. The number of hydrogen-bond acceptors (Lipinski definition) is 4. The topological polar surface area (TPSA) is 58.1 Å². The molecule has 2 rings (SSSR count). The molecule has 0 radical (unpaired) electrons. The van der Waals surface area contributed by atoms with Crippen LogP contribution in [0.2, 0.25) is 0 Å². The molecule has 0 aromatic heterocycles. The van der Waals surface area contributed by atoms with Crippen LogP contribution in [0.25, 0.3) is 0 Å². The van der Waals surface area contributed by atoms with Crippen LogP contribution in [0.15, 0.2) is 53.5 Å². The van der Waals surface area contributed by atoms with Crippen LogP contribution in [-0.4, -0.2) is 51.8 Å². The van der Waals surface area contributed by atoms with E-state index in [0.717, 1.165) is 49.1 Å². The van der Waals surface area contributed by atoms with Gasteiger partial charge in [0.05, 0.1) is 20.3 Å². The second-order valence-corrected chi connectivity index (χ2v) is 7.05. The molecule has 6 heteroatoms.